The van der Waals surface area contributed by atoms with Crippen LogP contribution in [0.3, 0.4) is 0 Å². The molecule has 10 heteroatoms. The van der Waals surface area contributed by atoms with Crippen LogP contribution in [0.25, 0.3) is 0 Å². The summed E-state index contributed by atoms with van der Waals surface area (Å²) in [6.45, 7) is 3.84. The van der Waals surface area contributed by atoms with E-state index in [0.717, 1.165) is 11.3 Å². The summed E-state index contributed by atoms with van der Waals surface area (Å²) in [4.78, 5) is 11.5. The van der Waals surface area contributed by atoms with Crippen molar-refractivity contribution in [3.8, 4) is 28.7 Å². The van der Waals surface area contributed by atoms with E-state index >= 15 is 0 Å². The highest BCUT2D eigenvalue weighted by atomic mass is 32.2. The zero-order chi connectivity index (χ0) is 23.3. The van der Waals surface area contributed by atoms with Gasteiger partial charge < -0.3 is 23.7 Å². The molecule has 0 amide bonds. The van der Waals surface area contributed by atoms with Crippen molar-refractivity contribution in [3.63, 3.8) is 0 Å². The van der Waals surface area contributed by atoms with Crippen molar-refractivity contribution >= 4 is 29.2 Å². The predicted octanol–water partition coefficient (Wildman–Crippen LogP) is 5.41. The second-order valence-electron chi connectivity index (χ2n) is 6.64. The first kappa shape index (κ1) is 23.9. The molecule has 2 atom stereocenters. The number of nitro groups is 1. The summed E-state index contributed by atoms with van der Waals surface area (Å²) >= 11 is 3.28. The van der Waals surface area contributed by atoms with Crippen molar-refractivity contribution in [1.82, 2.24) is 0 Å². The summed E-state index contributed by atoms with van der Waals surface area (Å²) in [7, 11) is 6.11. The molecule has 2 aromatic carbocycles. The van der Waals surface area contributed by atoms with Gasteiger partial charge in [-0.3, -0.25) is 10.1 Å². The van der Waals surface area contributed by atoms with Gasteiger partial charge in [0.15, 0.2) is 17.2 Å². The van der Waals surface area contributed by atoms with Crippen molar-refractivity contribution in [3.05, 3.63) is 58.2 Å². The Bertz CT molecular complexity index is 973. The smallest absolute Gasteiger partial charge is 0.320 e. The highest BCUT2D eigenvalue weighted by Crippen LogP contribution is 2.59. The number of benzene rings is 2. The molecule has 0 aliphatic carbocycles. The van der Waals surface area contributed by atoms with Crippen LogP contribution in [0.1, 0.15) is 21.0 Å². The second kappa shape index (κ2) is 10.7. The lowest BCUT2D eigenvalue weighted by atomic mass is 10.1. The Hall–Kier alpha value is -2.72. The van der Waals surface area contributed by atoms with E-state index in [9.17, 15) is 10.1 Å². The van der Waals surface area contributed by atoms with Crippen molar-refractivity contribution in [2.24, 2.45) is 0 Å². The highest BCUT2D eigenvalue weighted by molar-refractivity contribution is 8.19. The van der Waals surface area contributed by atoms with E-state index in [1.54, 1.807) is 63.1 Å². The fraction of sp³-hybridized carbons (Fsp3) is 0.364. The molecule has 1 saturated heterocycles. The normalized spacial score (nSPS) is 17.5. The molecule has 0 N–H and O–H groups in total. The Kier molecular flexibility index (Phi) is 8.03. The average molecular weight is 480 g/mol. The van der Waals surface area contributed by atoms with Gasteiger partial charge in [-0.2, -0.15) is 0 Å². The Balaban J connectivity index is 1.94. The molecule has 0 saturated carbocycles. The van der Waals surface area contributed by atoms with Crippen molar-refractivity contribution < 1.29 is 28.6 Å². The fourth-order valence-corrected chi connectivity index (χ4v) is 6.78. The fourth-order valence-electron chi connectivity index (χ4n) is 3.43. The Labute approximate surface area is 195 Å². The molecule has 172 valence electrons. The van der Waals surface area contributed by atoms with Crippen molar-refractivity contribution in [2.75, 3.05) is 40.8 Å². The van der Waals surface area contributed by atoms with Gasteiger partial charge in [-0.25, -0.2) is 0 Å². The molecule has 3 rings (SSSR count). The number of methoxy groups -OCH3 is 4. The third-order valence-electron chi connectivity index (χ3n) is 4.87. The number of ether oxygens (including phenoxy) is 5. The molecular weight excluding hydrogens is 454 g/mol. The average Bonchev–Trinajstić information content (AvgIpc) is 3.30. The first-order valence-corrected chi connectivity index (χ1v) is 11.6. The molecule has 8 nitrogen and oxygen atoms in total. The lowest BCUT2D eigenvalue weighted by molar-refractivity contribution is -0.386. The van der Waals surface area contributed by atoms with E-state index in [0.29, 0.717) is 28.6 Å². The summed E-state index contributed by atoms with van der Waals surface area (Å²) in [6.07, 6.45) is 1.57. The third-order valence-corrected chi connectivity index (χ3v) is 8.17. The minimum Gasteiger partial charge on any atom is -0.493 e. The standard InChI is InChI=1S/C22H25NO7S2/c1-6-9-30-15-8-7-14(19(23(24)25)21(15)29-5)22-31-12-18(32-22)13-10-16(26-2)20(28-4)17(11-13)27-3/h6-8,10-11,18,22H,1,9,12H2,2-5H3/t18-,22+/m1/s1. The summed E-state index contributed by atoms with van der Waals surface area (Å²) < 4.78 is 27.1. The summed E-state index contributed by atoms with van der Waals surface area (Å²) in [5, 5.41) is 12.0. The van der Waals surface area contributed by atoms with Crippen LogP contribution in [0.5, 0.6) is 28.7 Å². The lowest BCUT2D eigenvalue weighted by Gasteiger charge is -2.17. The zero-order valence-electron chi connectivity index (χ0n) is 18.3. The number of rotatable bonds is 10. The molecule has 0 spiro atoms. The first-order valence-electron chi connectivity index (χ1n) is 9.64. The molecule has 1 fully saturated rings. The van der Waals surface area contributed by atoms with E-state index in [2.05, 4.69) is 6.58 Å². The van der Waals surface area contributed by atoms with Gasteiger partial charge in [0.2, 0.25) is 11.5 Å². The summed E-state index contributed by atoms with van der Waals surface area (Å²) in [5.74, 6) is 2.88. The Morgan fingerprint density at radius 1 is 1.06 bits per heavy atom. The molecular formula is C22H25NO7S2. The largest absolute Gasteiger partial charge is 0.493 e. The van der Waals surface area contributed by atoms with E-state index in [1.165, 1.54) is 7.11 Å². The predicted molar refractivity (Wildman–Crippen MR) is 127 cm³/mol. The van der Waals surface area contributed by atoms with Gasteiger partial charge >= 0.3 is 5.69 Å². The second-order valence-corrected chi connectivity index (χ2v) is 9.39. The summed E-state index contributed by atoms with van der Waals surface area (Å²) in [5.41, 5.74) is 1.51. The zero-order valence-corrected chi connectivity index (χ0v) is 19.9. The van der Waals surface area contributed by atoms with Gasteiger partial charge in [-0.1, -0.05) is 12.7 Å². The van der Waals surface area contributed by atoms with Crippen LogP contribution in [0.4, 0.5) is 5.69 Å². The highest BCUT2D eigenvalue weighted by Gasteiger charge is 2.36. The van der Waals surface area contributed by atoms with Crippen LogP contribution in [-0.2, 0) is 0 Å². The minimum atomic E-state index is -0.414. The van der Waals surface area contributed by atoms with Gasteiger partial charge in [0, 0.05) is 11.0 Å². The van der Waals surface area contributed by atoms with Crippen LogP contribution in [-0.4, -0.2) is 45.7 Å². The monoisotopic (exact) mass is 479 g/mol. The van der Waals surface area contributed by atoms with E-state index < -0.39 is 4.92 Å². The van der Waals surface area contributed by atoms with Gasteiger partial charge in [0.25, 0.3) is 0 Å². The van der Waals surface area contributed by atoms with E-state index in [-0.39, 0.29) is 27.9 Å². The molecule has 0 unspecified atom stereocenters. The maximum atomic E-state index is 12.0. The molecule has 1 aliphatic heterocycles. The van der Waals surface area contributed by atoms with Crippen LogP contribution < -0.4 is 23.7 Å². The van der Waals surface area contributed by atoms with E-state index in [4.69, 9.17) is 23.7 Å². The van der Waals surface area contributed by atoms with Gasteiger partial charge in [-0.15, -0.1) is 23.5 Å². The van der Waals surface area contributed by atoms with Gasteiger partial charge in [-0.05, 0) is 29.8 Å². The molecule has 0 radical (unpaired) electrons. The van der Waals surface area contributed by atoms with Crippen molar-refractivity contribution in [2.45, 2.75) is 9.83 Å². The molecule has 32 heavy (non-hydrogen) atoms. The van der Waals surface area contributed by atoms with Crippen LogP contribution in [0.2, 0.25) is 0 Å². The molecule has 0 bridgehead atoms. The maximum absolute atomic E-state index is 12.0. The van der Waals surface area contributed by atoms with Crippen molar-refractivity contribution in [1.29, 1.82) is 0 Å². The molecule has 2 aromatic rings. The third kappa shape index (κ3) is 4.71. The maximum Gasteiger partial charge on any atom is 0.320 e. The SMILES string of the molecule is C=CCOc1ccc([C@H]2SC[C@H](c3cc(OC)c(OC)c(OC)c3)S2)c([N+](=O)[O-])c1OC. The quantitative estimate of drug-likeness (QED) is 0.252. The molecule has 1 aliphatic rings. The topological polar surface area (TPSA) is 89.3 Å². The Morgan fingerprint density at radius 2 is 1.72 bits per heavy atom. The van der Waals surface area contributed by atoms with Crippen LogP contribution in [0.15, 0.2) is 36.9 Å². The molecule has 0 aromatic heterocycles. The number of thioether (sulfide) groups is 2. The number of hydrogen-bond acceptors (Lipinski definition) is 9. The number of nitrogens with zero attached hydrogens (tertiary/aromatic N) is 1. The van der Waals surface area contributed by atoms with Crippen LogP contribution >= 0.6 is 23.5 Å². The number of nitro benzene ring substituents is 1. The van der Waals surface area contributed by atoms with E-state index in [1.807, 2.05) is 12.1 Å². The first-order chi connectivity index (χ1) is 15.5. The van der Waals surface area contributed by atoms with Gasteiger partial charge in [0.05, 0.1) is 43.5 Å². The summed E-state index contributed by atoms with van der Waals surface area (Å²) in [6, 6.07) is 7.28. The van der Waals surface area contributed by atoms with Gasteiger partial charge in [0.1, 0.15) is 6.61 Å². The van der Waals surface area contributed by atoms with Crippen LogP contribution in [0, 0.1) is 10.1 Å². The minimum absolute atomic E-state index is 0.0791. The lowest BCUT2D eigenvalue weighted by Crippen LogP contribution is -2.03. The molecule has 1 heterocycles. The number of hydrogen-bond donors (Lipinski definition) is 0. The Morgan fingerprint density at radius 3 is 2.25 bits per heavy atom.